The van der Waals surface area contributed by atoms with Gasteiger partial charge >= 0.3 is 0 Å². The Hall–Kier alpha value is 3.88. The van der Waals surface area contributed by atoms with Crippen molar-refractivity contribution in [2.75, 3.05) is 93.3 Å². The van der Waals surface area contributed by atoms with E-state index in [1.807, 2.05) is 0 Å². The van der Waals surface area contributed by atoms with Crippen LogP contribution in [0.25, 0.3) is 0 Å². The molecular weight excluding hydrogens is 796 g/mol. The summed E-state index contributed by atoms with van der Waals surface area (Å²) in [5.74, 6) is 0. The molecule has 0 amide bonds. The molecule has 2 nitrogen and oxygen atoms in total. The second kappa shape index (κ2) is 39.4. The molecule has 0 aromatic rings. The van der Waals surface area contributed by atoms with Gasteiger partial charge in [0.25, 0.3) is 0 Å². The van der Waals surface area contributed by atoms with Crippen molar-refractivity contribution in [3.8, 4) is 0 Å². The van der Waals surface area contributed by atoms with Gasteiger partial charge in [0.2, 0.25) is 0 Å². The van der Waals surface area contributed by atoms with Gasteiger partial charge in [-0.1, -0.05) is 9.72 Å². The molecule has 0 aromatic carbocycles. The van der Waals surface area contributed by atoms with Crippen LogP contribution in [0.3, 0.4) is 0 Å². The topological polar surface area (TPSA) is 24.1 Å². The maximum atomic E-state index is 3.51. The van der Waals surface area contributed by atoms with Gasteiger partial charge in [0.1, 0.15) is 0 Å². The van der Waals surface area contributed by atoms with Gasteiger partial charge in [-0.25, -0.2) is 0 Å². The van der Waals surface area contributed by atoms with Crippen molar-refractivity contribution in [1.29, 1.82) is 0 Å². The minimum absolute atomic E-state index is 0. The Morgan fingerprint density at radius 1 is 0.346 bits per heavy atom. The molecule has 0 saturated carbocycles. The molecule has 0 radical (unpaired) electrons. The predicted octanol–water partition coefficient (Wildman–Crippen LogP) is 5.78. The summed E-state index contributed by atoms with van der Waals surface area (Å²) in [5.41, 5.74) is 0. The Morgan fingerprint density at radius 2 is 0.423 bits per heavy atom. The Balaban J connectivity index is -0.0000000271. The minimum atomic E-state index is -0.139. The van der Waals surface area contributed by atoms with E-state index in [-0.39, 0.29) is 105 Å². The molecule has 0 atom stereocenters. The SMILES string of the molecule is C[PH+](C)C.C[PH+](C)C.C[PH+](C)N[PH+](C)C.C[PH+](C)N[PH+](C)C.[CH3-].[CH3-].[Pt].[Pt]. The molecular formula is C16H56N2P6Pt2+4. The van der Waals surface area contributed by atoms with Crippen molar-refractivity contribution < 1.29 is 42.1 Å². The van der Waals surface area contributed by atoms with E-state index in [1.165, 1.54) is 0 Å². The van der Waals surface area contributed by atoms with Crippen LogP contribution in [0.2, 0.25) is 0 Å². The predicted molar refractivity (Wildman–Crippen MR) is 152 cm³/mol. The standard InChI is InChI=1S/2C4H13NP2.2C3H9P.2CH3.2Pt/c2*1-6(2)5-7(3)4;2*1-4(2)3;;;;/h2*5H,1-4H3;2*1-3H3;2*1H3;;/q;;;;2*-1;;/p+6. The molecule has 2 N–H and O–H groups in total. The molecule has 0 aromatic heterocycles. The quantitative estimate of drug-likeness (QED) is 0.277. The van der Waals surface area contributed by atoms with Gasteiger partial charge in [-0.15, -0.1) is 0 Å². The van der Waals surface area contributed by atoms with Crippen LogP contribution in [-0.4, -0.2) is 93.3 Å². The smallest absolute Gasteiger partial charge is 0.0990 e. The second-order valence-corrected chi connectivity index (χ2v) is 23.2. The summed E-state index contributed by atoms with van der Waals surface area (Å²) in [6.07, 6.45) is 0. The first kappa shape index (κ1) is 52.1. The Kier molecular flexibility index (Phi) is 78.8. The van der Waals surface area contributed by atoms with Crippen LogP contribution in [0, 0.1) is 14.9 Å². The fourth-order valence-electron chi connectivity index (χ4n) is 1.00. The maximum Gasteiger partial charge on any atom is 0.0990 e. The normalized spacial score (nSPS) is 8.77. The van der Waals surface area contributed by atoms with Crippen LogP contribution in [0.15, 0.2) is 0 Å². The molecule has 0 unspecified atom stereocenters. The van der Waals surface area contributed by atoms with E-state index in [0.717, 1.165) is 0 Å². The first-order chi connectivity index (χ1) is 9.72. The van der Waals surface area contributed by atoms with Crippen LogP contribution in [0.1, 0.15) is 0 Å². The summed E-state index contributed by atoms with van der Waals surface area (Å²) >= 11 is 0. The Labute approximate surface area is 206 Å². The first-order valence-corrected chi connectivity index (χ1v) is 24.0. The first-order valence-electron chi connectivity index (χ1n) is 8.00. The number of nitrogens with one attached hydrogen (secondary N) is 2. The number of hydrogen-bond acceptors (Lipinski definition) is 2. The van der Waals surface area contributed by atoms with E-state index in [9.17, 15) is 0 Å². The molecule has 0 fully saturated rings. The average molecular weight is 853 g/mol. The largest absolute Gasteiger partial charge is 0.358 e. The zero-order valence-corrected chi connectivity index (χ0v) is 31.2. The van der Waals surface area contributed by atoms with E-state index in [1.54, 1.807) is 0 Å². The van der Waals surface area contributed by atoms with Crippen molar-refractivity contribution in [2.24, 2.45) is 0 Å². The van der Waals surface area contributed by atoms with Gasteiger partial charge < -0.3 is 14.9 Å². The zero-order valence-electron chi connectivity index (χ0n) is 20.6. The van der Waals surface area contributed by atoms with Gasteiger partial charge in [0.05, 0.1) is 85.6 Å². The van der Waals surface area contributed by atoms with Crippen LogP contribution in [0.4, 0.5) is 0 Å². The van der Waals surface area contributed by atoms with Gasteiger partial charge in [-0.2, -0.15) is 0 Å². The Morgan fingerprint density at radius 3 is 0.423 bits per heavy atom. The molecule has 0 spiro atoms. The molecule has 10 heteroatoms. The van der Waals surface area contributed by atoms with Crippen molar-refractivity contribution in [3.05, 3.63) is 14.9 Å². The fourth-order valence-corrected chi connectivity index (χ4v) is 9.00. The summed E-state index contributed by atoms with van der Waals surface area (Å²) in [6, 6.07) is 0. The molecule has 0 aliphatic heterocycles. The third kappa shape index (κ3) is 143. The van der Waals surface area contributed by atoms with E-state index in [0.29, 0.717) is 0 Å². The molecule has 0 rings (SSSR count). The fraction of sp³-hybridized carbons (Fsp3) is 0.875. The summed E-state index contributed by atoms with van der Waals surface area (Å²) in [6.45, 7) is 31.9. The second-order valence-electron chi connectivity index (χ2n) is 7.25. The van der Waals surface area contributed by atoms with Gasteiger partial charge in [-0.05, 0) is 15.8 Å². The molecule has 0 saturated heterocycles. The van der Waals surface area contributed by atoms with Crippen LogP contribution in [-0.2, 0) is 42.1 Å². The van der Waals surface area contributed by atoms with Crippen LogP contribution in [0.5, 0.6) is 0 Å². The summed E-state index contributed by atoms with van der Waals surface area (Å²) in [7, 11) is -0.315. The van der Waals surface area contributed by atoms with Crippen LogP contribution >= 0.6 is 48.1 Å². The summed E-state index contributed by atoms with van der Waals surface area (Å²) in [5, 5.41) is 0. The minimum Gasteiger partial charge on any atom is -0.358 e. The Bertz CT molecular complexity index is 162. The van der Waals surface area contributed by atoms with Crippen molar-refractivity contribution in [3.63, 3.8) is 0 Å². The molecule has 0 bridgehead atoms. The van der Waals surface area contributed by atoms with Crippen LogP contribution < -0.4 is 9.72 Å². The number of hydrogen-bond donors (Lipinski definition) is 2. The van der Waals surface area contributed by atoms with Crippen molar-refractivity contribution in [2.45, 2.75) is 0 Å². The van der Waals surface area contributed by atoms with Gasteiger partial charge in [-0.3, -0.25) is 0 Å². The molecule has 176 valence electrons. The maximum absolute atomic E-state index is 3.51. The third-order valence-corrected chi connectivity index (χ3v) is 9.00. The van der Waals surface area contributed by atoms with Crippen molar-refractivity contribution >= 4 is 48.1 Å². The summed E-state index contributed by atoms with van der Waals surface area (Å²) < 4.78 is 0. The monoisotopic (exact) mass is 852 g/mol. The van der Waals surface area contributed by atoms with E-state index in [4.69, 9.17) is 0 Å². The van der Waals surface area contributed by atoms with E-state index in [2.05, 4.69) is 103 Å². The van der Waals surface area contributed by atoms with E-state index < -0.39 is 0 Å². The molecule has 0 aliphatic carbocycles. The van der Waals surface area contributed by atoms with E-state index >= 15 is 0 Å². The molecule has 0 aliphatic rings. The molecule has 0 heterocycles. The number of rotatable bonds is 4. The van der Waals surface area contributed by atoms with Gasteiger partial charge in [0.15, 0.2) is 0 Å². The zero-order chi connectivity index (χ0) is 18.9. The third-order valence-electron chi connectivity index (χ3n) is 1.00. The van der Waals surface area contributed by atoms with Crippen molar-refractivity contribution in [1.82, 2.24) is 9.72 Å². The average Bonchev–Trinajstić information content (AvgIpc) is 2.10. The van der Waals surface area contributed by atoms with Gasteiger partial charge in [0, 0.05) is 82.1 Å². The summed E-state index contributed by atoms with van der Waals surface area (Å²) in [4.78, 5) is 7.02. The molecule has 26 heavy (non-hydrogen) atoms.